The van der Waals surface area contributed by atoms with Crippen molar-refractivity contribution in [1.82, 2.24) is 9.47 Å². The summed E-state index contributed by atoms with van der Waals surface area (Å²) in [6.45, 7) is 2.14. The maximum atomic E-state index is 12.5. The molecule has 0 aliphatic carbocycles. The number of amides is 1. The van der Waals surface area contributed by atoms with Gasteiger partial charge < -0.3 is 9.47 Å². The van der Waals surface area contributed by atoms with E-state index >= 15 is 0 Å². The van der Waals surface area contributed by atoms with Gasteiger partial charge >= 0.3 is 0 Å². The molecule has 4 nitrogen and oxygen atoms in total. The van der Waals surface area contributed by atoms with E-state index in [1.165, 1.54) is 0 Å². The average Bonchev–Trinajstić information content (AvgIpc) is 2.69. The third-order valence-corrected chi connectivity index (χ3v) is 6.36. The first kappa shape index (κ1) is 19.3. The third-order valence-electron chi connectivity index (χ3n) is 5.57. The van der Waals surface area contributed by atoms with Gasteiger partial charge in [0.25, 0.3) is 5.56 Å². The largest absolute Gasteiger partial charge is 0.341 e. The van der Waals surface area contributed by atoms with E-state index in [4.69, 9.17) is 11.6 Å². The summed E-state index contributed by atoms with van der Waals surface area (Å²) in [5.41, 5.74) is 3.23. The summed E-state index contributed by atoms with van der Waals surface area (Å²) < 4.78 is 1.93. The molecule has 28 heavy (non-hydrogen) atoms. The Kier molecular flexibility index (Phi) is 5.65. The smallest absolute Gasteiger partial charge is 0.250 e. The molecule has 2 bridgehead atoms. The molecule has 1 aromatic heterocycles. The van der Waals surface area contributed by atoms with Gasteiger partial charge in [-0.2, -0.15) is 11.8 Å². The molecule has 2 aliphatic rings. The van der Waals surface area contributed by atoms with Gasteiger partial charge in [0.2, 0.25) is 5.91 Å². The van der Waals surface area contributed by atoms with Crippen LogP contribution in [0.25, 0.3) is 12.2 Å². The highest BCUT2D eigenvalue weighted by molar-refractivity contribution is 7.99. The van der Waals surface area contributed by atoms with E-state index in [0.717, 1.165) is 29.8 Å². The van der Waals surface area contributed by atoms with Crippen LogP contribution in [0.4, 0.5) is 0 Å². The Labute approximate surface area is 174 Å². The second-order valence-corrected chi connectivity index (χ2v) is 8.84. The summed E-state index contributed by atoms with van der Waals surface area (Å²) in [5.74, 6) is 1.28. The topological polar surface area (TPSA) is 42.3 Å². The lowest BCUT2D eigenvalue weighted by molar-refractivity contribution is -0.131. The van der Waals surface area contributed by atoms with Crippen LogP contribution in [0, 0.1) is 5.92 Å². The molecule has 0 spiro atoms. The number of hydrogen-bond acceptors (Lipinski definition) is 3. The van der Waals surface area contributed by atoms with Crippen molar-refractivity contribution in [2.24, 2.45) is 5.92 Å². The number of aromatic nitrogens is 1. The molecule has 2 aliphatic heterocycles. The quantitative estimate of drug-likeness (QED) is 0.759. The van der Waals surface area contributed by atoms with Gasteiger partial charge in [0.1, 0.15) is 0 Å². The molecule has 0 radical (unpaired) electrons. The molecule has 1 amide bonds. The first-order chi connectivity index (χ1) is 13.5. The molecular formula is C22H23ClN2O2S. The standard InChI is InChI=1S/C22H23ClN2O2S/c1-28-14-21(27)24-11-16-10-18(13-24)22-17(6-9-20(26)25(22)12-16)5-2-15-3-7-19(23)8-4-15/h2-9,16,18H,10-14H2,1H3. The van der Waals surface area contributed by atoms with Gasteiger partial charge in [0.05, 0.1) is 5.75 Å². The third kappa shape index (κ3) is 3.91. The van der Waals surface area contributed by atoms with Crippen molar-refractivity contribution in [1.29, 1.82) is 0 Å². The van der Waals surface area contributed by atoms with Gasteiger partial charge in [-0.25, -0.2) is 0 Å². The number of likely N-dealkylation sites (tertiary alicyclic amines) is 1. The van der Waals surface area contributed by atoms with E-state index in [-0.39, 0.29) is 17.4 Å². The van der Waals surface area contributed by atoms with Gasteiger partial charge in [-0.15, -0.1) is 0 Å². The Morgan fingerprint density at radius 1 is 1.14 bits per heavy atom. The number of carbonyl (C=O) groups is 1. The number of rotatable bonds is 4. The van der Waals surface area contributed by atoms with E-state index in [1.807, 2.05) is 52.1 Å². The van der Waals surface area contributed by atoms with Gasteiger partial charge in [-0.1, -0.05) is 35.9 Å². The van der Waals surface area contributed by atoms with E-state index in [9.17, 15) is 9.59 Å². The van der Waals surface area contributed by atoms with Crippen LogP contribution in [0.5, 0.6) is 0 Å². The fourth-order valence-electron chi connectivity index (χ4n) is 4.37. The average molecular weight is 415 g/mol. The molecule has 1 aromatic carbocycles. The van der Waals surface area contributed by atoms with Crippen LogP contribution < -0.4 is 5.56 Å². The molecule has 2 aromatic rings. The first-order valence-corrected chi connectivity index (χ1v) is 11.3. The van der Waals surface area contributed by atoms with Crippen LogP contribution in [-0.2, 0) is 11.3 Å². The minimum absolute atomic E-state index is 0.0530. The summed E-state index contributed by atoms with van der Waals surface area (Å²) >= 11 is 7.53. The van der Waals surface area contributed by atoms with Crippen molar-refractivity contribution in [2.75, 3.05) is 25.1 Å². The summed E-state index contributed by atoms with van der Waals surface area (Å²) in [7, 11) is 0. The number of benzene rings is 1. The zero-order valence-electron chi connectivity index (χ0n) is 15.8. The van der Waals surface area contributed by atoms with Crippen LogP contribution in [0.2, 0.25) is 5.02 Å². The molecule has 3 heterocycles. The van der Waals surface area contributed by atoms with Crippen LogP contribution in [-0.4, -0.2) is 40.5 Å². The molecule has 6 heteroatoms. The molecule has 0 saturated carbocycles. The Morgan fingerprint density at radius 3 is 2.68 bits per heavy atom. The monoisotopic (exact) mass is 414 g/mol. The van der Waals surface area contributed by atoms with Crippen LogP contribution in [0.3, 0.4) is 0 Å². The summed E-state index contributed by atoms with van der Waals surface area (Å²) in [5, 5.41) is 0.712. The Hall–Kier alpha value is -1.98. The second-order valence-electron chi connectivity index (χ2n) is 7.54. The lowest BCUT2D eigenvalue weighted by atomic mass is 9.81. The maximum absolute atomic E-state index is 12.5. The molecule has 2 unspecified atom stereocenters. The first-order valence-electron chi connectivity index (χ1n) is 9.49. The van der Waals surface area contributed by atoms with Gasteiger partial charge in [0, 0.05) is 42.3 Å². The zero-order valence-corrected chi connectivity index (χ0v) is 17.4. The fourth-order valence-corrected chi connectivity index (χ4v) is 4.92. The SMILES string of the molecule is CSCC(=O)N1CC2CC(C1)c1c(C=Cc3ccc(Cl)cc3)ccc(=O)n1C2. The summed E-state index contributed by atoms with van der Waals surface area (Å²) in [6.07, 6.45) is 7.10. The number of pyridine rings is 1. The number of nitrogens with zero attached hydrogens (tertiary/aromatic N) is 2. The predicted octanol–water partition coefficient (Wildman–Crippen LogP) is 3.98. The molecule has 146 valence electrons. The highest BCUT2D eigenvalue weighted by atomic mass is 35.5. The van der Waals surface area contributed by atoms with Crippen molar-refractivity contribution < 1.29 is 4.79 Å². The van der Waals surface area contributed by atoms with E-state index in [1.54, 1.807) is 17.8 Å². The summed E-state index contributed by atoms with van der Waals surface area (Å²) in [4.78, 5) is 26.9. The predicted molar refractivity (Wildman–Crippen MR) is 117 cm³/mol. The van der Waals surface area contributed by atoms with Crippen molar-refractivity contribution in [3.63, 3.8) is 0 Å². The van der Waals surface area contributed by atoms with E-state index < -0.39 is 0 Å². The highest BCUT2D eigenvalue weighted by Gasteiger charge is 2.37. The highest BCUT2D eigenvalue weighted by Crippen LogP contribution is 2.37. The van der Waals surface area contributed by atoms with E-state index in [2.05, 4.69) is 6.08 Å². The van der Waals surface area contributed by atoms with Crippen molar-refractivity contribution in [2.45, 2.75) is 18.9 Å². The molecule has 0 N–H and O–H groups in total. The number of halogens is 1. The van der Waals surface area contributed by atoms with Gasteiger partial charge in [-0.05, 0) is 47.9 Å². The molecular weight excluding hydrogens is 392 g/mol. The normalized spacial score (nSPS) is 21.0. The number of piperidine rings is 1. The van der Waals surface area contributed by atoms with Crippen LogP contribution in [0.1, 0.15) is 29.2 Å². The minimum Gasteiger partial charge on any atom is -0.341 e. The fraction of sp³-hybridized carbons (Fsp3) is 0.364. The zero-order chi connectivity index (χ0) is 19.7. The number of carbonyl (C=O) groups excluding carboxylic acids is 1. The summed E-state index contributed by atoms with van der Waals surface area (Å²) in [6, 6.07) is 11.2. The van der Waals surface area contributed by atoms with Crippen molar-refractivity contribution in [3.8, 4) is 0 Å². The van der Waals surface area contributed by atoms with Gasteiger partial charge in [-0.3, -0.25) is 9.59 Å². The maximum Gasteiger partial charge on any atom is 0.250 e. The Balaban J connectivity index is 1.67. The van der Waals surface area contributed by atoms with Crippen molar-refractivity contribution in [3.05, 3.63) is 68.6 Å². The molecule has 1 saturated heterocycles. The minimum atomic E-state index is 0.0530. The number of fused-ring (bicyclic) bond motifs is 4. The Morgan fingerprint density at radius 2 is 1.93 bits per heavy atom. The van der Waals surface area contributed by atoms with Gasteiger partial charge in [0.15, 0.2) is 0 Å². The second kappa shape index (κ2) is 8.18. The lowest BCUT2D eigenvalue weighted by Gasteiger charge is -2.43. The molecule has 2 atom stereocenters. The lowest BCUT2D eigenvalue weighted by Crippen LogP contribution is -2.49. The number of hydrogen-bond donors (Lipinski definition) is 0. The van der Waals surface area contributed by atoms with E-state index in [0.29, 0.717) is 29.8 Å². The number of thioether (sulfide) groups is 1. The van der Waals surface area contributed by atoms with Crippen LogP contribution in [0.15, 0.2) is 41.2 Å². The molecule has 4 rings (SSSR count). The Bertz CT molecular complexity index is 967. The molecule has 1 fully saturated rings. The van der Waals surface area contributed by atoms with Crippen molar-refractivity contribution >= 4 is 41.4 Å². The van der Waals surface area contributed by atoms with Crippen LogP contribution >= 0.6 is 23.4 Å².